The summed E-state index contributed by atoms with van der Waals surface area (Å²) < 4.78 is 0. The number of nitrogens with one attached hydrogen (secondary N) is 1. The van der Waals surface area contributed by atoms with Crippen LogP contribution in [0.3, 0.4) is 0 Å². The first kappa shape index (κ1) is 14.3. The first-order valence-corrected chi connectivity index (χ1v) is 6.71. The molecule has 6 heteroatoms. The van der Waals surface area contributed by atoms with Gasteiger partial charge in [0.1, 0.15) is 5.75 Å². The summed E-state index contributed by atoms with van der Waals surface area (Å²) >= 11 is 0. The molecule has 0 radical (unpaired) electrons. The lowest BCUT2D eigenvalue weighted by atomic mass is 9.82. The number of aromatic nitrogens is 1. The van der Waals surface area contributed by atoms with Crippen molar-refractivity contribution in [2.24, 2.45) is 11.8 Å². The lowest BCUT2D eigenvalue weighted by Crippen LogP contribution is -2.32. The predicted octanol–water partition coefficient (Wildman–Crippen LogP) is 1.41. The Balaban J connectivity index is 1.79. The molecular weight excluding hydrogens is 260 g/mol. The monoisotopic (exact) mass is 278 g/mol. The van der Waals surface area contributed by atoms with E-state index in [9.17, 15) is 14.7 Å². The molecule has 1 aliphatic rings. The minimum Gasteiger partial charge on any atom is -0.506 e. The molecule has 1 aromatic heterocycles. The quantitative estimate of drug-likeness (QED) is 0.773. The standard InChI is InChI=1S/C14H18N2O4/c17-12-5-11(7-15-8-12)13(18)16-6-9-1-3-10(4-2-9)14(19)20/h5,7-10,17H,1-4,6H2,(H,16,18)(H,19,20). The number of hydrogen-bond donors (Lipinski definition) is 3. The van der Waals surface area contributed by atoms with Crippen molar-refractivity contribution in [3.63, 3.8) is 0 Å². The van der Waals surface area contributed by atoms with Crippen molar-refractivity contribution in [3.8, 4) is 5.75 Å². The average Bonchev–Trinajstić information content (AvgIpc) is 2.45. The number of carboxylic acid groups (broad SMARTS) is 1. The van der Waals surface area contributed by atoms with Gasteiger partial charge in [0, 0.05) is 12.7 Å². The molecule has 0 unspecified atom stereocenters. The third-order valence-electron chi connectivity index (χ3n) is 3.73. The fourth-order valence-electron chi connectivity index (χ4n) is 2.50. The molecule has 2 rings (SSSR count). The van der Waals surface area contributed by atoms with E-state index < -0.39 is 5.97 Å². The van der Waals surface area contributed by atoms with Crippen LogP contribution in [0.2, 0.25) is 0 Å². The molecule has 1 saturated carbocycles. The highest BCUT2D eigenvalue weighted by atomic mass is 16.4. The summed E-state index contributed by atoms with van der Waals surface area (Å²) in [4.78, 5) is 26.5. The molecule has 0 saturated heterocycles. The van der Waals surface area contributed by atoms with Crippen LogP contribution in [-0.2, 0) is 4.79 Å². The number of carbonyl (C=O) groups excluding carboxylic acids is 1. The van der Waals surface area contributed by atoms with E-state index in [1.165, 1.54) is 18.5 Å². The van der Waals surface area contributed by atoms with Crippen LogP contribution < -0.4 is 5.32 Å². The second kappa shape index (κ2) is 6.36. The van der Waals surface area contributed by atoms with E-state index in [0.29, 0.717) is 30.9 Å². The molecule has 6 nitrogen and oxygen atoms in total. The molecule has 0 bridgehead atoms. The van der Waals surface area contributed by atoms with Crippen LogP contribution in [-0.4, -0.2) is 33.6 Å². The van der Waals surface area contributed by atoms with E-state index >= 15 is 0 Å². The maximum atomic E-state index is 11.9. The summed E-state index contributed by atoms with van der Waals surface area (Å²) in [5, 5.41) is 21.0. The zero-order valence-electron chi connectivity index (χ0n) is 11.1. The molecule has 1 heterocycles. The van der Waals surface area contributed by atoms with Gasteiger partial charge in [-0.15, -0.1) is 0 Å². The molecule has 3 N–H and O–H groups in total. The summed E-state index contributed by atoms with van der Waals surface area (Å²) in [5.74, 6) is -0.955. The highest BCUT2D eigenvalue weighted by Crippen LogP contribution is 2.28. The number of pyridine rings is 1. The normalized spacial score (nSPS) is 22.2. The van der Waals surface area contributed by atoms with Gasteiger partial charge in [0.05, 0.1) is 17.7 Å². The Bertz CT molecular complexity index is 496. The number of hydrogen-bond acceptors (Lipinski definition) is 4. The highest BCUT2D eigenvalue weighted by Gasteiger charge is 2.26. The average molecular weight is 278 g/mol. The first-order valence-electron chi connectivity index (χ1n) is 6.71. The van der Waals surface area contributed by atoms with E-state index in [-0.39, 0.29) is 17.6 Å². The van der Waals surface area contributed by atoms with E-state index in [1.807, 2.05) is 0 Å². The second-order valence-electron chi connectivity index (χ2n) is 5.20. The van der Waals surface area contributed by atoms with Gasteiger partial charge in [0.15, 0.2) is 0 Å². The van der Waals surface area contributed by atoms with Gasteiger partial charge in [0.2, 0.25) is 0 Å². The largest absolute Gasteiger partial charge is 0.506 e. The molecule has 0 aromatic carbocycles. The van der Waals surface area contributed by atoms with Crippen LogP contribution in [0.15, 0.2) is 18.5 Å². The molecule has 0 aliphatic heterocycles. The maximum Gasteiger partial charge on any atom is 0.306 e. The van der Waals surface area contributed by atoms with Crippen LogP contribution >= 0.6 is 0 Å². The van der Waals surface area contributed by atoms with E-state index in [1.54, 1.807) is 0 Å². The van der Waals surface area contributed by atoms with Gasteiger partial charge in [-0.3, -0.25) is 14.6 Å². The predicted molar refractivity (Wildman–Crippen MR) is 71.3 cm³/mol. The van der Waals surface area contributed by atoms with Crippen LogP contribution in [0.4, 0.5) is 0 Å². The van der Waals surface area contributed by atoms with Crippen molar-refractivity contribution in [1.82, 2.24) is 10.3 Å². The Morgan fingerprint density at radius 3 is 2.55 bits per heavy atom. The van der Waals surface area contributed by atoms with Crippen LogP contribution in [0, 0.1) is 11.8 Å². The third-order valence-corrected chi connectivity index (χ3v) is 3.73. The summed E-state index contributed by atoms with van der Waals surface area (Å²) in [5.41, 5.74) is 0.323. The minimum absolute atomic E-state index is 0.0420. The summed E-state index contributed by atoms with van der Waals surface area (Å²) in [7, 11) is 0. The van der Waals surface area contributed by atoms with Crippen molar-refractivity contribution >= 4 is 11.9 Å². The van der Waals surface area contributed by atoms with Gasteiger partial charge in [-0.05, 0) is 37.7 Å². The van der Waals surface area contributed by atoms with Gasteiger partial charge >= 0.3 is 5.97 Å². The second-order valence-corrected chi connectivity index (χ2v) is 5.20. The Morgan fingerprint density at radius 1 is 1.25 bits per heavy atom. The number of aliphatic carboxylic acids is 1. The van der Waals surface area contributed by atoms with Crippen molar-refractivity contribution in [1.29, 1.82) is 0 Å². The third kappa shape index (κ3) is 3.69. The molecule has 108 valence electrons. The number of amides is 1. The smallest absolute Gasteiger partial charge is 0.306 e. The van der Waals surface area contributed by atoms with E-state index in [4.69, 9.17) is 5.11 Å². The zero-order chi connectivity index (χ0) is 14.5. The van der Waals surface area contributed by atoms with E-state index in [2.05, 4.69) is 10.3 Å². The molecular formula is C14H18N2O4. The maximum absolute atomic E-state index is 11.9. The number of rotatable bonds is 4. The summed E-state index contributed by atoms with van der Waals surface area (Å²) in [6.07, 6.45) is 5.64. The minimum atomic E-state index is -0.724. The highest BCUT2D eigenvalue weighted by molar-refractivity contribution is 5.94. The molecule has 20 heavy (non-hydrogen) atoms. The molecule has 1 aromatic rings. The Kier molecular flexibility index (Phi) is 4.55. The lowest BCUT2D eigenvalue weighted by molar-refractivity contribution is -0.143. The zero-order valence-corrected chi connectivity index (χ0v) is 11.1. The fourth-order valence-corrected chi connectivity index (χ4v) is 2.50. The van der Waals surface area contributed by atoms with Crippen LogP contribution in [0.25, 0.3) is 0 Å². The number of nitrogens with zero attached hydrogens (tertiary/aromatic N) is 1. The number of carbonyl (C=O) groups is 2. The SMILES string of the molecule is O=C(NCC1CCC(C(=O)O)CC1)c1cncc(O)c1. The Morgan fingerprint density at radius 2 is 1.95 bits per heavy atom. The number of aromatic hydroxyl groups is 1. The van der Waals surface area contributed by atoms with Gasteiger partial charge in [-0.2, -0.15) is 0 Å². The molecule has 1 aliphatic carbocycles. The van der Waals surface area contributed by atoms with Gasteiger partial charge in [0.25, 0.3) is 5.91 Å². The van der Waals surface area contributed by atoms with Crippen LogP contribution in [0.1, 0.15) is 36.0 Å². The van der Waals surface area contributed by atoms with Crippen molar-refractivity contribution in [2.45, 2.75) is 25.7 Å². The number of carboxylic acids is 1. The van der Waals surface area contributed by atoms with E-state index in [0.717, 1.165) is 12.8 Å². The summed E-state index contributed by atoms with van der Waals surface area (Å²) in [6.45, 7) is 0.529. The van der Waals surface area contributed by atoms with Crippen molar-refractivity contribution in [2.75, 3.05) is 6.54 Å². The Hall–Kier alpha value is -2.11. The van der Waals surface area contributed by atoms with Gasteiger partial charge < -0.3 is 15.5 Å². The van der Waals surface area contributed by atoms with Gasteiger partial charge in [-0.25, -0.2) is 0 Å². The lowest BCUT2D eigenvalue weighted by Gasteiger charge is -2.26. The molecule has 0 spiro atoms. The van der Waals surface area contributed by atoms with Crippen molar-refractivity contribution in [3.05, 3.63) is 24.0 Å². The first-order chi connectivity index (χ1) is 9.56. The van der Waals surface area contributed by atoms with Crippen LogP contribution in [0.5, 0.6) is 5.75 Å². The Labute approximate surface area is 116 Å². The fraction of sp³-hybridized carbons (Fsp3) is 0.500. The topological polar surface area (TPSA) is 99.5 Å². The van der Waals surface area contributed by atoms with Crippen molar-refractivity contribution < 1.29 is 19.8 Å². The molecule has 1 amide bonds. The molecule has 0 atom stereocenters. The summed E-state index contributed by atoms with van der Waals surface area (Å²) in [6, 6.07) is 1.36. The van der Waals surface area contributed by atoms with Gasteiger partial charge in [-0.1, -0.05) is 0 Å². The molecule has 1 fully saturated rings.